The van der Waals surface area contributed by atoms with Crippen LogP contribution in [0.25, 0.3) is 10.2 Å². The van der Waals surface area contributed by atoms with Crippen molar-refractivity contribution in [2.45, 2.75) is 25.6 Å². The number of hydrogen-bond acceptors (Lipinski definition) is 5. The van der Waals surface area contributed by atoms with Crippen LogP contribution >= 0.6 is 22.9 Å². The number of amides is 2. The van der Waals surface area contributed by atoms with E-state index in [1.54, 1.807) is 43.6 Å². The highest BCUT2D eigenvalue weighted by Crippen LogP contribution is 2.39. The summed E-state index contributed by atoms with van der Waals surface area (Å²) < 4.78 is 12.6. The summed E-state index contributed by atoms with van der Waals surface area (Å²) in [7, 11) is 3.12. The van der Waals surface area contributed by atoms with Gasteiger partial charge in [-0.25, -0.2) is 0 Å². The van der Waals surface area contributed by atoms with Crippen molar-refractivity contribution in [3.8, 4) is 11.5 Å². The third-order valence-electron chi connectivity index (χ3n) is 6.40. The van der Waals surface area contributed by atoms with Crippen LogP contribution in [0, 0.1) is 0 Å². The summed E-state index contributed by atoms with van der Waals surface area (Å²) in [6, 6.07) is 16.5. The number of benzene rings is 2. The zero-order chi connectivity index (χ0) is 24.7. The predicted molar refractivity (Wildman–Crippen MR) is 138 cm³/mol. The van der Waals surface area contributed by atoms with E-state index in [-0.39, 0.29) is 18.4 Å². The van der Waals surface area contributed by atoms with Gasteiger partial charge >= 0.3 is 0 Å². The van der Waals surface area contributed by atoms with Crippen LogP contribution in [0.4, 0.5) is 5.69 Å². The summed E-state index contributed by atoms with van der Waals surface area (Å²) >= 11 is 7.96. The second-order valence-corrected chi connectivity index (χ2v) is 9.83. The third kappa shape index (κ3) is 3.83. The second kappa shape index (κ2) is 8.94. The molecule has 1 N–H and O–H groups in total. The number of carbonyl (C=O) groups is 2. The maximum Gasteiger partial charge on any atom is 0.275 e. The van der Waals surface area contributed by atoms with E-state index in [0.717, 1.165) is 15.8 Å². The second-order valence-electron chi connectivity index (χ2n) is 8.52. The van der Waals surface area contributed by atoms with Crippen molar-refractivity contribution in [1.29, 1.82) is 0 Å². The number of hydrogen-bond donors (Lipinski definition) is 1. The van der Waals surface area contributed by atoms with Gasteiger partial charge in [0.25, 0.3) is 5.91 Å². The lowest BCUT2D eigenvalue weighted by molar-refractivity contribution is -0.126. The highest BCUT2D eigenvalue weighted by Gasteiger charge is 2.48. The van der Waals surface area contributed by atoms with Gasteiger partial charge in [-0.1, -0.05) is 29.8 Å². The van der Waals surface area contributed by atoms with Crippen molar-refractivity contribution >= 4 is 50.7 Å². The lowest BCUT2D eigenvalue weighted by Gasteiger charge is -2.44. The number of aromatic nitrogens is 1. The number of halogens is 1. The molecule has 1 atom stereocenters. The molecule has 0 saturated carbocycles. The van der Waals surface area contributed by atoms with Gasteiger partial charge in [-0.15, -0.1) is 11.3 Å². The van der Waals surface area contributed by atoms with E-state index < -0.39 is 5.54 Å². The van der Waals surface area contributed by atoms with Crippen LogP contribution in [0.3, 0.4) is 0 Å². The SMILES string of the molecule is COc1ccc(N2C(=O)c3cc4ccsc4n3CC2(C)C(=O)NCc2ccccc2OC)cc1Cl. The minimum Gasteiger partial charge on any atom is -0.496 e. The Balaban J connectivity index is 1.57. The fourth-order valence-corrected chi connectivity index (χ4v) is 5.76. The number of anilines is 1. The van der Waals surface area contributed by atoms with Crippen LogP contribution in [-0.4, -0.2) is 36.1 Å². The Labute approximate surface area is 211 Å². The molecule has 7 nitrogen and oxygen atoms in total. The molecule has 1 unspecified atom stereocenters. The average Bonchev–Trinajstić information content (AvgIpc) is 3.45. The summed E-state index contributed by atoms with van der Waals surface area (Å²) in [5, 5.41) is 6.34. The van der Waals surface area contributed by atoms with Crippen LogP contribution in [0.1, 0.15) is 23.0 Å². The van der Waals surface area contributed by atoms with E-state index in [2.05, 4.69) is 5.32 Å². The number of methoxy groups -OCH3 is 2. The number of carbonyl (C=O) groups excluding carboxylic acids is 2. The van der Waals surface area contributed by atoms with Gasteiger partial charge in [0.1, 0.15) is 27.6 Å². The number of nitrogens with zero attached hydrogens (tertiary/aromatic N) is 2. The van der Waals surface area contributed by atoms with Gasteiger partial charge in [0.2, 0.25) is 5.91 Å². The largest absolute Gasteiger partial charge is 0.496 e. The van der Waals surface area contributed by atoms with Crippen molar-refractivity contribution < 1.29 is 19.1 Å². The smallest absolute Gasteiger partial charge is 0.275 e. The molecule has 0 saturated heterocycles. The molecular formula is C26H24ClN3O4S. The molecule has 0 fully saturated rings. The summed E-state index contributed by atoms with van der Waals surface area (Å²) in [5.41, 5.74) is 0.677. The van der Waals surface area contributed by atoms with Crippen LogP contribution in [0.2, 0.25) is 5.02 Å². The molecule has 2 aromatic heterocycles. The fraction of sp³-hybridized carbons (Fsp3) is 0.231. The topological polar surface area (TPSA) is 72.8 Å². The molecule has 2 aromatic carbocycles. The van der Waals surface area contributed by atoms with Gasteiger partial charge in [-0.2, -0.15) is 0 Å². The Morgan fingerprint density at radius 1 is 1.11 bits per heavy atom. The van der Waals surface area contributed by atoms with Gasteiger partial charge in [0.15, 0.2) is 0 Å². The molecule has 2 amide bonds. The highest BCUT2D eigenvalue weighted by molar-refractivity contribution is 7.16. The molecule has 35 heavy (non-hydrogen) atoms. The first-order chi connectivity index (χ1) is 16.9. The minimum atomic E-state index is -1.22. The standard InChI is InChI=1S/C26H24ClN3O4S/c1-26(25(32)28-14-17-6-4-5-7-21(17)33-2)15-29-20(12-16-10-11-35-24(16)29)23(31)30(26)18-8-9-22(34-3)19(27)13-18/h4-13H,14-15H2,1-3H3,(H,28,32). The molecular weight excluding hydrogens is 486 g/mol. The van der Waals surface area contributed by atoms with Crippen molar-refractivity contribution in [1.82, 2.24) is 9.88 Å². The van der Waals surface area contributed by atoms with E-state index in [9.17, 15) is 9.59 Å². The maximum atomic E-state index is 13.9. The maximum absolute atomic E-state index is 13.9. The minimum absolute atomic E-state index is 0.261. The highest BCUT2D eigenvalue weighted by atomic mass is 35.5. The quantitative estimate of drug-likeness (QED) is 0.392. The lowest BCUT2D eigenvalue weighted by atomic mass is 9.93. The van der Waals surface area contributed by atoms with Gasteiger partial charge in [-0.3, -0.25) is 14.5 Å². The summed E-state index contributed by atoms with van der Waals surface area (Å²) in [4.78, 5) is 30.2. The van der Waals surface area contributed by atoms with Crippen molar-refractivity contribution in [3.63, 3.8) is 0 Å². The number of nitrogens with one attached hydrogen (secondary N) is 1. The Bertz CT molecular complexity index is 1450. The van der Waals surface area contributed by atoms with E-state index >= 15 is 0 Å². The van der Waals surface area contributed by atoms with Crippen LogP contribution < -0.4 is 19.7 Å². The first-order valence-corrected chi connectivity index (χ1v) is 12.3. The molecule has 5 rings (SSSR count). The number of para-hydroxylation sites is 1. The Hall–Kier alpha value is -3.49. The fourth-order valence-electron chi connectivity index (χ4n) is 4.61. The third-order valence-corrected chi connectivity index (χ3v) is 7.65. The molecule has 9 heteroatoms. The predicted octanol–water partition coefficient (Wildman–Crippen LogP) is 5.11. The molecule has 0 bridgehead atoms. The molecule has 1 aliphatic rings. The molecule has 4 aromatic rings. The molecule has 0 aliphatic carbocycles. The number of rotatable bonds is 6. The zero-order valence-electron chi connectivity index (χ0n) is 19.5. The van der Waals surface area contributed by atoms with Crippen LogP contribution in [0.5, 0.6) is 11.5 Å². The Kier molecular flexibility index (Phi) is 5.94. The van der Waals surface area contributed by atoms with Crippen molar-refractivity contribution in [2.24, 2.45) is 0 Å². The van der Waals surface area contributed by atoms with Crippen molar-refractivity contribution in [2.75, 3.05) is 19.1 Å². The van der Waals surface area contributed by atoms with E-state index in [1.807, 2.05) is 46.3 Å². The summed E-state index contributed by atoms with van der Waals surface area (Å²) in [6.07, 6.45) is 0. The van der Waals surface area contributed by atoms with E-state index in [1.165, 1.54) is 12.0 Å². The van der Waals surface area contributed by atoms with Gasteiger partial charge in [0, 0.05) is 23.2 Å². The lowest BCUT2D eigenvalue weighted by Crippen LogP contribution is -2.64. The van der Waals surface area contributed by atoms with Gasteiger partial charge in [-0.05, 0) is 48.7 Å². The van der Waals surface area contributed by atoms with Crippen LogP contribution in [-0.2, 0) is 17.9 Å². The Morgan fingerprint density at radius 3 is 2.63 bits per heavy atom. The summed E-state index contributed by atoms with van der Waals surface area (Å²) in [5.74, 6) is 0.624. The Morgan fingerprint density at radius 2 is 1.89 bits per heavy atom. The molecule has 180 valence electrons. The van der Waals surface area contributed by atoms with E-state index in [0.29, 0.717) is 34.4 Å². The first kappa shape index (κ1) is 23.3. The normalized spacial score (nSPS) is 17.4. The number of thiophene rings is 1. The zero-order valence-corrected chi connectivity index (χ0v) is 21.1. The number of fused-ring (bicyclic) bond motifs is 3. The van der Waals surface area contributed by atoms with Crippen LogP contribution in [0.15, 0.2) is 60.0 Å². The molecule has 0 spiro atoms. The van der Waals surface area contributed by atoms with E-state index in [4.69, 9.17) is 21.1 Å². The summed E-state index contributed by atoms with van der Waals surface area (Å²) in [6.45, 7) is 2.33. The monoisotopic (exact) mass is 509 g/mol. The molecule has 3 heterocycles. The number of ether oxygens (including phenoxy) is 2. The molecule has 0 radical (unpaired) electrons. The average molecular weight is 510 g/mol. The van der Waals surface area contributed by atoms with Crippen molar-refractivity contribution in [3.05, 3.63) is 76.3 Å². The molecule has 1 aliphatic heterocycles. The van der Waals surface area contributed by atoms with Gasteiger partial charge in [0.05, 0.1) is 25.8 Å². The van der Waals surface area contributed by atoms with Gasteiger partial charge < -0.3 is 19.4 Å². The first-order valence-electron chi connectivity index (χ1n) is 11.0.